The average molecular weight is 471 g/mol. The molecule has 1 saturated heterocycles. The molecular formula is C29H30N2O4. The van der Waals surface area contributed by atoms with Gasteiger partial charge in [-0.25, -0.2) is 0 Å². The molecule has 0 bridgehead atoms. The van der Waals surface area contributed by atoms with E-state index in [4.69, 9.17) is 4.74 Å². The van der Waals surface area contributed by atoms with Crippen LogP contribution in [0.3, 0.4) is 0 Å². The number of carbonyl (C=O) groups excluding carboxylic acids is 2. The Hall–Kier alpha value is -3.93. The van der Waals surface area contributed by atoms with Crippen molar-refractivity contribution in [2.24, 2.45) is 0 Å². The molecule has 1 N–H and O–H groups in total. The van der Waals surface area contributed by atoms with E-state index in [2.05, 4.69) is 25.8 Å². The van der Waals surface area contributed by atoms with Crippen molar-refractivity contribution in [2.45, 2.75) is 45.7 Å². The highest BCUT2D eigenvalue weighted by atomic mass is 16.5. The van der Waals surface area contributed by atoms with Gasteiger partial charge in [0.2, 0.25) is 0 Å². The number of carbonyl (C=O) groups is 2. The van der Waals surface area contributed by atoms with Crippen LogP contribution in [0.2, 0.25) is 0 Å². The summed E-state index contributed by atoms with van der Waals surface area (Å²) in [6.07, 6.45) is 3.30. The van der Waals surface area contributed by atoms with Gasteiger partial charge in [-0.1, -0.05) is 51.1 Å². The first-order valence-electron chi connectivity index (χ1n) is 11.7. The van der Waals surface area contributed by atoms with Gasteiger partial charge >= 0.3 is 0 Å². The van der Waals surface area contributed by atoms with Crippen molar-refractivity contribution in [3.05, 3.63) is 101 Å². The second-order valence-corrected chi connectivity index (χ2v) is 9.59. The predicted molar refractivity (Wildman–Crippen MR) is 135 cm³/mol. The van der Waals surface area contributed by atoms with E-state index in [0.29, 0.717) is 12.2 Å². The molecule has 4 rings (SSSR count). The third kappa shape index (κ3) is 4.83. The lowest BCUT2D eigenvalue weighted by atomic mass is 9.84. The number of benzene rings is 2. The SMILES string of the molecule is CCOc1ccc(/C(O)=C2/C(=O)C(=O)N(Cc3ccncc3)C2c2ccccc2)cc1C(C)(C)C. The fourth-order valence-electron chi connectivity index (χ4n) is 4.41. The first-order chi connectivity index (χ1) is 16.7. The molecule has 1 unspecified atom stereocenters. The largest absolute Gasteiger partial charge is 0.507 e. The van der Waals surface area contributed by atoms with Crippen LogP contribution in [-0.2, 0) is 21.5 Å². The fourth-order valence-corrected chi connectivity index (χ4v) is 4.41. The Morgan fingerprint density at radius 2 is 1.71 bits per heavy atom. The van der Waals surface area contributed by atoms with E-state index in [9.17, 15) is 14.7 Å². The number of pyridine rings is 1. The fraction of sp³-hybridized carbons (Fsp3) is 0.276. The average Bonchev–Trinajstić information content (AvgIpc) is 3.09. The minimum Gasteiger partial charge on any atom is -0.507 e. The third-order valence-electron chi connectivity index (χ3n) is 6.12. The van der Waals surface area contributed by atoms with E-state index >= 15 is 0 Å². The van der Waals surface area contributed by atoms with Crippen LogP contribution < -0.4 is 4.74 Å². The van der Waals surface area contributed by atoms with Gasteiger partial charge in [0.1, 0.15) is 11.5 Å². The second kappa shape index (κ2) is 9.74. The van der Waals surface area contributed by atoms with Crippen molar-refractivity contribution in [3.8, 4) is 5.75 Å². The Kier molecular flexibility index (Phi) is 6.74. The maximum atomic E-state index is 13.3. The molecule has 1 fully saturated rings. The lowest BCUT2D eigenvalue weighted by Gasteiger charge is -2.26. The zero-order valence-corrected chi connectivity index (χ0v) is 20.5. The molecule has 1 aromatic heterocycles. The van der Waals surface area contributed by atoms with E-state index in [1.54, 1.807) is 18.5 Å². The Balaban J connectivity index is 1.87. The number of aliphatic hydroxyl groups is 1. The van der Waals surface area contributed by atoms with Gasteiger partial charge in [0.15, 0.2) is 0 Å². The Morgan fingerprint density at radius 3 is 2.34 bits per heavy atom. The van der Waals surface area contributed by atoms with Crippen molar-refractivity contribution in [1.29, 1.82) is 0 Å². The number of ketones is 1. The molecule has 0 saturated carbocycles. The molecule has 3 aromatic rings. The van der Waals surface area contributed by atoms with Gasteiger partial charge in [-0.05, 0) is 53.8 Å². The van der Waals surface area contributed by atoms with Gasteiger partial charge in [-0.3, -0.25) is 14.6 Å². The maximum Gasteiger partial charge on any atom is 0.295 e. The molecule has 6 heteroatoms. The van der Waals surface area contributed by atoms with Crippen molar-refractivity contribution >= 4 is 17.4 Å². The number of likely N-dealkylation sites (tertiary alicyclic amines) is 1. The van der Waals surface area contributed by atoms with Crippen LogP contribution in [0.5, 0.6) is 5.75 Å². The normalized spacial score (nSPS) is 17.6. The third-order valence-corrected chi connectivity index (χ3v) is 6.12. The van der Waals surface area contributed by atoms with E-state index in [1.165, 1.54) is 4.90 Å². The van der Waals surface area contributed by atoms with Crippen LogP contribution in [0.1, 0.15) is 56.0 Å². The van der Waals surface area contributed by atoms with Crippen molar-refractivity contribution in [1.82, 2.24) is 9.88 Å². The molecule has 1 aliphatic rings. The van der Waals surface area contributed by atoms with Crippen molar-refractivity contribution in [3.63, 3.8) is 0 Å². The van der Waals surface area contributed by atoms with Crippen LogP contribution in [0.15, 0.2) is 78.6 Å². The lowest BCUT2D eigenvalue weighted by molar-refractivity contribution is -0.140. The summed E-state index contributed by atoms with van der Waals surface area (Å²) < 4.78 is 5.80. The van der Waals surface area contributed by atoms with Gasteiger partial charge in [-0.2, -0.15) is 0 Å². The van der Waals surface area contributed by atoms with Crippen LogP contribution in [0.4, 0.5) is 0 Å². The lowest BCUT2D eigenvalue weighted by Crippen LogP contribution is -2.29. The summed E-state index contributed by atoms with van der Waals surface area (Å²) in [4.78, 5) is 32.1. The first kappa shape index (κ1) is 24.2. The maximum absolute atomic E-state index is 13.3. The van der Waals surface area contributed by atoms with Gasteiger partial charge in [0.25, 0.3) is 11.7 Å². The Labute approximate surface area is 205 Å². The first-order valence-corrected chi connectivity index (χ1v) is 11.7. The monoisotopic (exact) mass is 470 g/mol. The zero-order valence-electron chi connectivity index (χ0n) is 20.5. The Morgan fingerprint density at radius 1 is 1.03 bits per heavy atom. The van der Waals surface area contributed by atoms with Gasteiger partial charge in [0, 0.05) is 30.1 Å². The standard InChI is InChI=1S/C29H30N2O4/c1-5-35-23-12-11-21(17-22(23)29(2,3)4)26(32)24-25(20-9-7-6-8-10-20)31(28(34)27(24)33)18-19-13-15-30-16-14-19/h6-17,25,32H,5,18H2,1-4H3/b26-24-. The van der Waals surface area contributed by atoms with Crippen LogP contribution in [-0.4, -0.2) is 33.3 Å². The molecule has 0 aliphatic carbocycles. The number of amides is 1. The minimum absolute atomic E-state index is 0.0827. The number of aliphatic hydroxyl groups excluding tert-OH is 1. The summed E-state index contributed by atoms with van der Waals surface area (Å²) in [7, 11) is 0. The van der Waals surface area contributed by atoms with Crippen LogP contribution in [0, 0.1) is 0 Å². The molecule has 0 radical (unpaired) electrons. The van der Waals surface area contributed by atoms with Gasteiger partial charge < -0.3 is 14.7 Å². The van der Waals surface area contributed by atoms with E-state index in [1.807, 2.05) is 61.5 Å². The topological polar surface area (TPSA) is 79.7 Å². The summed E-state index contributed by atoms with van der Waals surface area (Å²) >= 11 is 0. The number of rotatable bonds is 6. The highest BCUT2D eigenvalue weighted by Gasteiger charge is 2.46. The summed E-state index contributed by atoms with van der Waals surface area (Å²) in [6, 6.07) is 17.6. The predicted octanol–water partition coefficient (Wildman–Crippen LogP) is 5.40. The number of hydrogen-bond acceptors (Lipinski definition) is 5. The molecule has 1 amide bonds. The van der Waals surface area contributed by atoms with Crippen molar-refractivity contribution < 1.29 is 19.4 Å². The van der Waals surface area contributed by atoms with E-state index in [0.717, 1.165) is 22.4 Å². The second-order valence-electron chi connectivity index (χ2n) is 9.59. The molecule has 1 atom stereocenters. The number of ether oxygens (including phenoxy) is 1. The van der Waals surface area contributed by atoms with E-state index in [-0.39, 0.29) is 23.3 Å². The Bertz CT molecular complexity index is 1260. The van der Waals surface area contributed by atoms with Crippen LogP contribution >= 0.6 is 0 Å². The molecule has 1 aliphatic heterocycles. The highest BCUT2D eigenvalue weighted by molar-refractivity contribution is 6.46. The molecule has 35 heavy (non-hydrogen) atoms. The quantitative estimate of drug-likeness (QED) is 0.296. The highest BCUT2D eigenvalue weighted by Crippen LogP contribution is 2.41. The summed E-state index contributed by atoms with van der Waals surface area (Å²) in [5.74, 6) is -0.798. The van der Waals surface area contributed by atoms with Crippen molar-refractivity contribution in [2.75, 3.05) is 6.61 Å². The minimum atomic E-state index is -0.714. The smallest absolute Gasteiger partial charge is 0.295 e. The van der Waals surface area contributed by atoms with E-state index < -0.39 is 17.7 Å². The summed E-state index contributed by atoms with van der Waals surface area (Å²) in [5, 5.41) is 11.5. The number of aromatic nitrogens is 1. The number of nitrogens with zero attached hydrogens (tertiary/aromatic N) is 2. The molecular weight excluding hydrogens is 440 g/mol. The van der Waals surface area contributed by atoms with Gasteiger partial charge in [-0.15, -0.1) is 0 Å². The molecule has 2 heterocycles. The number of Topliss-reactive ketones (excluding diaryl/α,β-unsaturated/α-hetero) is 1. The molecule has 180 valence electrons. The summed E-state index contributed by atoms with van der Waals surface area (Å²) in [6.45, 7) is 8.85. The number of hydrogen-bond donors (Lipinski definition) is 1. The van der Waals surface area contributed by atoms with Gasteiger partial charge in [0.05, 0.1) is 18.2 Å². The molecule has 0 spiro atoms. The molecule has 6 nitrogen and oxygen atoms in total. The summed E-state index contributed by atoms with van der Waals surface area (Å²) in [5.41, 5.74) is 2.81. The molecule has 2 aromatic carbocycles. The zero-order chi connectivity index (χ0) is 25.2. The van der Waals surface area contributed by atoms with Crippen LogP contribution in [0.25, 0.3) is 5.76 Å².